The molecular weight excluding hydrogens is 781 g/mol. The van der Waals surface area contributed by atoms with E-state index in [4.69, 9.17) is 18.0 Å². The Balaban J connectivity index is 2.03. The van der Waals surface area contributed by atoms with Crippen LogP contribution in [0.25, 0.3) is 0 Å². The molecule has 3 aromatic rings. The van der Waals surface area contributed by atoms with Gasteiger partial charge in [-0.25, -0.2) is 0 Å². The predicted molar refractivity (Wildman–Crippen MR) is 256 cm³/mol. The highest BCUT2D eigenvalue weighted by Gasteiger charge is 2.51. The van der Waals surface area contributed by atoms with E-state index in [-0.39, 0.29) is 40.0 Å². The second kappa shape index (κ2) is 20.6. The van der Waals surface area contributed by atoms with Gasteiger partial charge in [0.15, 0.2) is 16.6 Å². The zero-order valence-electron chi connectivity index (χ0n) is 39.8. The molecule has 0 saturated heterocycles. The number of ketones is 1. The lowest BCUT2D eigenvalue weighted by Gasteiger charge is -2.44. The molecule has 9 heteroatoms. The Morgan fingerprint density at radius 3 is 1.54 bits per heavy atom. The molecule has 0 fully saturated rings. The van der Waals surface area contributed by atoms with Crippen LogP contribution >= 0.6 is 0 Å². The van der Waals surface area contributed by atoms with Gasteiger partial charge in [-0.1, -0.05) is 180 Å². The number of carbonyl (C=O) groups excluding carboxylic acids is 1. The summed E-state index contributed by atoms with van der Waals surface area (Å²) < 4.78 is 27.7. The van der Waals surface area contributed by atoms with Crippen molar-refractivity contribution >= 4 is 41.1 Å². The van der Waals surface area contributed by atoms with Gasteiger partial charge in [0.05, 0.1) is 25.4 Å². The second-order valence-corrected chi connectivity index (χ2v) is 34.9. The van der Waals surface area contributed by atoms with Crippen molar-refractivity contribution in [2.45, 2.75) is 156 Å². The van der Waals surface area contributed by atoms with Crippen molar-refractivity contribution in [1.82, 2.24) is 0 Å². The van der Waals surface area contributed by atoms with E-state index in [1.165, 1.54) is 0 Å². The largest absolute Gasteiger partial charge is 0.416 e. The fourth-order valence-electron chi connectivity index (χ4n) is 7.28. The van der Waals surface area contributed by atoms with Crippen LogP contribution in [0.5, 0.6) is 0 Å². The summed E-state index contributed by atoms with van der Waals surface area (Å²) in [5, 5.41) is 14.5. The summed E-state index contributed by atoms with van der Waals surface area (Å²) in [6, 6.07) is 30.9. The zero-order chi connectivity index (χ0) is 44.6. The van der Waals surface area contributed by atoms with Crippen LogP contribution in [0.4, 0.5) is 0 Å². The summed E-state index contributed by atoms with van der Waals surface area (Å²) >= 11 is 0. The third kappa shape index (κ3) is 13.0. The molecule has 6 nitrogen and oxygen atoms in total. The number of ether oxygens (including phenoxy) is 1. The van der Waals surface area contributed by atoms with Crippen molar-refractivity contribution in [3.8, 4) is 0 Å². The molecule has 0 aliphatic heterocycles. The number of aliphatic hydroxyl groups excluding tert-OH is 1. The Hall–Kier alpha value is -2.48. The first-order chi connectivity index (χ1) is 27.2. The standard InChI is InChI=1S/C50H80O6Si3/c1-37(34-54-57(14,15)48(5,6)7)33-38(2)47(56-58(16,17)49(8,9)10)40(4)45(51)39(3)46(52)44(53-35-41-27-21-18-22-28-41)36-55-59(50(11,12)13,42-29-23-19-24-30-42)43-31-25-20-26-32-43/h18-33,37,39-40,44,46-47,52H,34-36H2,1-17H3/b38-33+/t37-,39+,40-,44-,46-,47-/m0/s1. The van der Waals surface area contributed by atoms with Crippen molar-refractivity contribution in [3.63, 3.8) is 0 Å². The van der Waals surface area contributed by atoms with Crippen molar-refractivity contribution in [2.75, 3.05) is 13.2 Å². The fraction of sp³-hybridized carbons (Fsp3) is 0.580. The first-order valence-corrected chi connectivity index (χ1v) is 29.5. The van der Waals surface area contributed by atoms with E-state index in [0.717, 1.165) is 21.5 Å². The molecule has 59 heavy (non-hydrogen) atoms. The fourth-order valence-corrected chi connectivity index (χ4v) is 14.3. The first kappa shape index (κ1) is 50.9. The quantitative estimate of drug-likeness (QED) is 0.0901. The number of Topliss-reactive ketones (excluding diaryl/α,β-unsaturated/α-hetero) is 1. The summed E-state index contributed by atoms with van der Waals surface area (Å²) in [6.07, 6.45) is -0.141. The van der Waals surface area contributed by atoms with Gasteiger partial charge in [-0.05, 0) is 75.7 Å². The first-order valence-electron chi connectivity index (χ1n) is 21.8. The summed E-state index contributed by atoms with van der Waals surface area (Å²) in [5.41, 5.74) is 2.01. The van der Waals surface area contributed by atoms with Crippen LogP contribution in [-0.2, 0) is 29.4 Å². The monoisotopic (exact) mass is 861 g/mol. The van der Waals surface area contributed by atoms with Gasteiger partial charge in [0, 0.05) is 18.4 Å². The molecule has 0 bridgehead atoms. The number of carbonyl (C=O) groups is 1. The highest BCUT2D eigenvalue weighted by molar-refractivity contribution is 6.99. The minimum Gasteiger partial charge on any atom is -0.416 e. The Morgan fingerprint density at radius 2 is 1.10 bits per heavy atom. The highest BCUT2D eigenvalue weighted by Crippen LogP contribution is 2.41. The van der Waals surface area contributed by atoms with Crippen LogP contribution in [0.2, 0.25) is 41.3 Å². The molecule has 0 spiro atoms. The van der Waals surface area contributed by atoms with E-state index in [9.17, 15) is 9.90 Å². The SMILES string of the molecule is C/C(=C\[C@H](C)CO[Si](C)(C)C(C)(C)C)[C@H](O[Si](C)(C)C(C)(C)C)[C@@H](C)C(=O)[C@@H](C)[C@H](O)[C@H](CO[Si](c1ccccc1)(c1ccccc1)C(C)(C)C)OCc1ccccc1. The number of aliphatic hydroxyl groups is 1. The van der Waals surface area contributed by atoms with Gasteiger partial charge in [0.1, 0.15) is 11.9 Å². The molecule has 3 rings (SSSR count). The van der Waals surface area contributed by atoms with Gasteiger partial charge in [-0.15, -0.1) is 0 Å². The molecule has 0 aliphatic rings. The van der Waals surface area contributed by atoms with Gasteiger partial charge < -0.3 is 23.1 Å². The molecule has 0 aliphatic carbocycles. The molecular formula is C50H80O6Si3. The zero-order valence-corrected chi connectivity index (χ0v) is 42.8. The van der Waals surface area contributed by atoms with Crippen LogP contribution in [0.3, 0.4) is 0 Å². The Kier molecular flexibility index (Phi) is 17.8. The summed E-state index contributed by atoms with van der Waals surface area (Å²) in [4.78, 5) is 14.8. The van der Waals surface area contributed by atoms with Crippen molar-refractivity contribution in [3.05, 3.63) is 108 Å². The lowest BCUT2D eigenvalue weighted by Crippen LogP contribution is -2.67. The minimum absolute atomic E-state index is 0.0575. The Morgan fingerprint density at radius 1 is 0.644 bits per heavy atom. The smallest absolute Gasteiger partial charge is 0.261 e. The van der Waals surface area contributed by atoms with E-state index in [0.29, 0.717) is 6.61 Å². The lowest BCUT2D eigenvalue weighted by atomic mass is 9.83. The highest BCUT2D eigenvalue weighted by atomic mass is 28.4. The third-order valence-electron chi connectivity index (χ3n) is 13.2. The number of hydrogen-bond donors (Lipinski definition) is 1. The second-order valence-electron chi connectivity index (χ2n) is 21.0. The van der Waals surface area contributed by atoms with Crippen LogP contribution in [0.1, 0.15) is 95.6 Å². The van der Waals surface area contributed by atoms with Gasteiger partial charge >= 0.3 is 0 Å². The van der Waals surface area contributed by atoms with Gasteiger partial charge in [-0.2, -0.15) is 0 Å². The minimum atomic E-state index is -2.98. The topological polar surface area (TPSA) is 74.2 Å². The van der Waals surface area contributed by atoms with Crippen molar-refractivity contribution in [2.24, 2.45) is 17.8 Å². The molecule has 0 amide bonds. The van der Waals surface area contributed by atoms with Crippen LogP contribution in [0, 0.1) is 17.8 Å². The van der Waals surface area contributed by atoms with E-state index >= 15 is 0 Å². The van der Waals surface area contributed by atoms with E-state index in [1.807, 2.05) is 56.3 Å². The summed E-state index contributed by atoms with van der Waals surface area (Å²) in [6.45, 7) is 38.3. The van der Waals surface area contributed by atoms with E-state index < -0.39 is 55.1 Å². The molecule has 0 unspecified atom stereocenters. The molecule has 1 N–H and O–H groups in total. The van der Waals surface area contributed by atoms with Crippen LogP contribution in [0.15, 0.2) is 103 Å². The molecule has 0 saturated carbocycles. The van der Waals surface area contributed by atoms with Crippen LogP contribution in [-0.4, -0.2) is 67.4 Å². The van der Waals surface area contributed by atoms with E-state index in [2.05, 4.69) is 157 Å². The van der Waals surface area contributed by atoms with Gasteiger partial charge in [0.2, 0.25) is 0 Å². The average molecular weight is 861 g/mol. The average Bonchev–Trinajstić information content (AvgIpc) is 3.16. The predicted octanol–water partition coefficient (Wildman–Crippen LogP) is 11.3. The van der Waals surface area contributed by atoms with Crippen LogP contribution < -0.4 is 10.4 Å². The number of benzene rings is 3. The van der Waals surface area contributed by atoms with Crippen molar-refractivity contribution in [1.29, 1.82) is 0 Å². The molecule has 328 valence electrons. The van der Waals surface area contributed by atoms with Crippen molar-refractivity contribution < 1.29 is 27.9 Å². The molecule has 0 radical (unpaired) electrons. The molecule has 3 aromatic carbocycles. The molecule has 0 aromatic heterocycles. The maximum atomic E-state index is 14.8. The Bertz CT molecular complexity index is 1720. The lowest BCUT2D eigenvalue weighted by molar-refractivity contribution is -0.139. The summed E-state index contributed by atoms with van der Waals surface area (Å²) in [5.74, 6) is -1.20. The maximum Gasteiger partial charge on any atom is 0.261 e. The van der Waals surface area contributed by atoms with E-state index in [1.54, 1.807) is 0 Å². The number of rotatable bonds is 20. The Labute approximate surface area is 362 Å². The molecule has 6 atom stereocenters. The third-order valence-corrected chi connectivity index (χ3v) is 27.1. The number of hydrogen-bond acceptors (Lipinski definition) is 6. The molecule has 0 heterocycles. The maximum absolute atomic E-state index is 14.8. The summed E-state index contributed by atoms with van der Waals surface area (Å²) in [7, 11) is -7.25. The normalized spacial score (nSPS) is 16.9. The van der Waals surface area contributed by atoms with Gasteiger partial charge in [-0.3, -0.25) is 4.79 Å². The van der Waals surface area contributed by atoms with Gasteiger partial charge in [0.25, 0.3) is 8.32 Å².